The summed E-state index contributed by atoms with van der Waals surface area (Å²) in [7, 11) is 6.52. The smallest absolute Gasteiger partial charge is 0.161 e. The Kier molecular flexibility index (Phi) is 5.86. The van der Waals surface area contributed by atoms with E-state index in [1.165, 1.54) is 0 Å². The summed E-state index contributed by atoms with van der Waals surface area (Å²) in [6, 6.07) is 9.67. The van der Waals surface area contributed by atoms with Gasteiger partial charge >= 0.3 is 0 Å². The number of rotatable bonds is 7. The van der Waals surface area contributed by atoms with Gasteiger partial charge in [0.15, 0.2) is 17.7 Å². The van der Waals surface area contributed by atoms with E-state index >= 15 is 0 Å². The number of aliphatic imine (C=N–C) groups is 1. The van der Waals surface area contributed by atoms with Gasteiger partial charge in [-0.3, -0.25) is 4.99 Å². The van der Waals surface area contributed by atoms with E-state index in [0.717, 1.165) is 22.4 Å². The summed E-state index contributed by atoms with van der Waals surface area (Å²) in [5.41, 5.74) is 3.79. The average molecular weight is 371 g/mol. The molecule has 0 amide bonds. The summed E-state index contributed by atoms with van der Waals surface area (Å²) in [6.07, 6.45) is 0.418. The Hall–Kier alpha value is -2.73. The van der Waals surface area contributed by atoms with E-state index in [1.54, 1.807) is 28.4 Å². The second-order valence-electron chi connectivity index (χ2n) is 6.06. The third-order valence-corrected chi connectivity index (χ3v) is 4.52. The van der Waals surface area contributed by atoms with Crippen molar-refractivity contribution in [3.63, 3.8) is 0 Å². The Morgan fingerprint density at radius 3 is 2.04 bits per heavy atom. The van der Waals surface area contributed by atoms with Crippen LogP contribution in [0.5, 0.6) is 23.0 Å². The number of hydrogen-bond acceptors (Lipinski definition) is 6. The fourth-order valence-corrected chi connectivity index (χ4v) is 3.22. The van der Waals surface area contributed by atoms with Crippen molar-refractivity contribution in [1.82, 2.24) is 0 Å². The first-order valence-corrected chi connectivity index (χ1v) is 8.81. The summed E-state index contributed by atoms with van der Waals surface area (Å²) in [4.78, 5) is 4.85. The molecule has 0 bridgehead atoms. The monoisotopic (exact) mass is 371 g/mol. The second-order valence-corrected chi connectivity index (χ2v) is 6.06. The first-order chi connectivity index (χ1) is 13.1. The fourth-order valence-electron chi connectivity index (χ4n) is 3.22. The molecular weight excluding hydrogens is 346 g/mol. The average Bonchev–Trinajstić information content (AvgIpc) is 2.71. The predicted octanol–water partition coefficient (Wildman–Crippen LogP) is 3.48. The van der Waals surface area contributed by atoms with E-state index in [-0.39, 0.29) is 6.23 Å². The molecule has 1 aliphatic rings. The van der Waals surface area contributed by atoms with Crippen LogP contribution in [0.25, 0.3) is 0 Å². The Morgan fingerprint density at radius 1 is 0.852 bits per heavy atom. The third kappa shape index (κ3) is 3.85. The van der Waals surface area contributed by atoms with Gasteiger partial charge in [-0.2, -0.15) is 0 Å². The number of ether oxygens (including phenoxy) is 5. The van der Waals surface area contributed by atoms with Crippen LogP contribution in [0.2, 0.25) is 0 Å². The van der Waals surface area contributed by atoms with Gasteiger partial charge in [0.25, 0.3) is 0 Å². The Balaban J connectivity index is 2.18. The number of fused-ring (bicyclic) bond motifs is 1. The van der Waals surface area contributed by atoms with Crippen LogP contribution in [0.15, 0.2) is 35.3 Å². The molecule has 0 aromatic heterocycles. The van der Waals surface area contributed by atoms with Crippen molar-refractivity contribution >= 4 is 5.71 Å². The highest BCUT2D eigenvalue weighted by Gasteiger charge is 2.25. The lowest BCUT2D eigenvalue weighted by molar-refractivity contribution is 0.0688. The summed E-state index contributed by atoms with van der Waals surface area (Å²) >= 11 is 0. The van der Waals surface area contributed by atoms with Gasteiger partial charge in [-0.05, 0) is 36.8 Å². The van der Waals surface area contributed by atoms with E-state index in [0.29, 0.717) is 36.0 Å². The van der Waals surface area contributed by atoms with Gasteiger partial charge < -0.3 is 23.7 Å². The van der Waals surface area contributed by atoms with Crippen LogP contribution in [0.4, 0.5) is 0 Å². The highest BCUT2D eigenvalue weighted by Crippen LogP contribution is 2.36. The lowest BCUT2D eigenvalue weighted by Gasteiger charge is -2.25. The minimum Gasteiger partial charge on any atom is -0.497 e. The van der Waals surface area contributed by atoms with Crippen molar-refractivity contribution in [3.05, 3.63) is 47.0 Å². The quantitative estimate of drug-likeness (QED) is 0.746. The maximum Gasteiger partial charge on any atom is 0.161 e. The predicted molar refractivity (Wildman–Crippen MR) is 104 cm³/mol. The standard InChI is InChI=1S/C21H25NO5/c1-6-27-20-10-13-9-18(25-4)19(26-5)12-17(13)21(22-20)14-7-15(23-2)11-16(8-14)24-3/h7-9,11-12,20H,6,10H2,1-5H3. The van der Waals surface area contributed by atoms with Crippen molar-refractivity contribution in [2.75, 3.05) is 35.0 Å². The summed E-state index contributed by atoms with van der Waals surface area (Å²) in [6.45, 7) is 2.55. The van der Waals surface area contributed by atoms with E-state index in [9.17, 15) is 0 Å². The van der Waals surface area contributed by atoms with Crippen molar-refractivity contribution < 1.29 is 23.7 Å². The van der Waals surface area contributed by atoms with Gasteiger partial charge in [0.1, 0.15) is 11.5 Å². The van der Waals surface area contributed by atoms with E-state index in [1.807, 2.05) is 37.3 Å². The van der Waals surface area contributed by atoms with Crippen molar-refractivity contribution in [1.29, 1.82) is 0 Å². The molecule has 0 saturated carbocycles. The van der Waals surface area contributed by atoms with Crippen LogP contribution in [0, 0.1) is 0 Å². The zero-order valence-electron chi connectivity index (χ0n) is 16.4. The largest absolute Gasteiger partial charge is 0.497 e. The van der Waals surface area contributed by atoms with Gasteiger partial charge in [0, 0.05) is 30.2 Å². The topological polar surface area (TPSA) is 58.5 Å². The zero-order chi connectivity index (χ0) is 19.4. The molecule has 2 aromatic rings. The van der Waals surface area contributed by atoms with Gasteiger partial charge in [0.05, 0.1) is 34.2 Å². The minimum absolute atomic E-state index is 0.257. The number of hydrogen-bond donors (Lipinski definition) is 0. The molecule has 0 saturated heterocycles. The second kappa shape index (κ2) is 8.31. The maximum atomic E-state index is 5.81. The lowest BCUT2D eigenvalue weighted by atomic mass is 9.91. The Morgan fingerprint density at radius 2 is 1.48 bits per heavy atom. The fraction of sp³-hybridized carbons (Fsp3) is 0.381. The van der Waals surface area contributed by atoms with Crippen molar-refractivity contribution in [2.24, 2.45) is 4.99 Å². The summed E-state index contributed by atoms with van der Waals surface area (Å²) < 4.78 is 27.6. The van der Waals surface area contributed by atoms with Gasteiger partial charge in [0.2, 0.25) is 0 Å². The first-order valence-electron chi connectivity index (χ1n) is 8.81. The Bertz CT molecular complexity index is 824. The minimum atomic E-state index is -0.257. The molecule has 6 heteroatoms. The van der Waals surface area contributed by atoms with E-state index in [2.05, 4.69) is 0 Å². The van der Waals surface area contributed by atoms with Crippen LogP contribution >= 0.6 is 0 Å². The zero-order valence-corrected chi connectivity index (χ0v) is 16.4. The van der Waals surface area contributed by atoms with E-state index in [4.69, 9.17) is 28.7 Å². The molecule has 1 heterocycles. The molecule has 3 rings (SSSR count). The molecule has 1 atom stereocenters. The molecule has 144 valence electrons. The molecule has 6 nitrogen and oxygen atoms in total. The lowest BCUT2D eigenvalue weighted by Crippen LogP contribution is -2.24. The molecule has 2 aromatic carbocycles. The normalized spacial score (nSPS) is 15.6. The maximum absolute atomic E-state index is 5.81. The van der Waals surface area contributed by atoms with Gasteiger partial charge in [-0.25, -0.2) is 0 Å². The Labute approximate surface area is 159 Å². The third-order valence-electron chi connectivity index (χ3n) is 4.52. The SMILES string of the molecule is CCOC1Cc2cc(OC)c(OC)cc2C(c2cc(OC)cc(OC)c2)=N1. The number of benzene rings is 2. The molecule has 0 spiro atoms. The first kappa shape index (κ1) is 19.0. The molecule has 0 aliphatic carbocycles. The number of nitrogens with zero attached hydrogens (tertiary/aromatic N) is 1. The van der Waals surface area contributed by atoms with Gasteiger partial charge in [-0.15, -0.1) is 0 Å². The molecular formula is C21H25NO5. The molecule has 1 aliphatic heterocycles. The molecule has 0 fully saturated rings. The molecule has 0 radical (unpaired) electrons. The number of methoxy groups -OCH3 is 4. The molecule has 1 unspecified atom stereocenters. The molecule has 27 heavy (non-hydrogen) atoms. The summed E-state index contributed by atoms with van der Waals surface area (Å²) in [5.74, 6) is 2.75. The van der Waals surface area contributed by atoms with E-state index < -0.39 is 0 Å². The van der Waals surface area contributed by atoms with Crippen LogP contribution in [0.1, 0.15) is 23.6 Å². The van der Waals surface area contributed by atoms with Crippen LogP contribution < -0.4 is 18.9 Å². The van der Waals surface area contributed by atoms with Gasteiger partial charge in [-0.1, -0.05) is 0 Å². The van der Waals surface area contributed by atoms with Crippen molar-refractivity contribution in [2.45, 2.75) is 19.6 Å². The van der Waals surface area contributed by atoms with Crippen molar-refractivity contribution in [3.8, 4) is 23.0 Å². The molecule has 0 N–H and O–H groups in total. The highest BCUT2D eigenvalue weighted by molar-refractivity contribution is 6.15. The highest BCUT2D eigenvalue weighted by atomic mass is 16.5. The van der Waals surface area contributed by atoms with Crippen LogP contribution in [-0.2, 0) is 11.2 Å². The summed E-state index contributed by atoms with van der Waals surface area (Å²) in [5, 5.41) is 0. The van der Waals surface area contributed by atoms with Crippen LogP contribution in [0.3, 0.4) is 0 Å². The van der Waals surface area contributed by atoms with Crippen LogP contribution in [-0.4, -0.2) is 47.0 Å².